The summed E-state index contributed by atoms with van der Waals surface area (Å²) in [5.41, 5.74) is 1.98. The molecule has 0 aromatic heterocycles. The molecular weight excluding hydrogens is 672 g/mol. The first-order chi connectivity index (χ1) is 25.1. The van der Waals surface area contributed by atoms with Crippen molar-refractivity contribution in [3.8, 4) is 0 Å². The Hall–Kier alpha value is -5.32. The van der Waals surface area contributed by atoms with Crippen molar-refractivity contribution >= 4 is 59.4 Å². The van der Waals surface area contributed by atoms with Crippen LogP contribution in [0.25, 0.3) is 0 Å². The third kappa shape index (κ3) is 7.93. The van der Waals surface area contributed by atoms with E-state index >= 15 is 0 Å². The molecule has 4 heterocycles. The summed E-state index contributed by atoms with van der Waals surface area (Å²) in [6.07, 6.45) is 1.50. The topological polar surface area (TPSA) is 198 Å². The highest BCUT2D eigenvalue weighted by atomic mass is 16.2. The average Bonchev–Trinajstić information content (AvgIpc) is 3.54. The van der Waals surface area contributed by atoms with E-state index in [0.29, 0.717) is 50.1 Å². The number of hydrogen-bond acceptors (Lipinski definition) is 13. The third-order valence-electron chi connectivity index (χ3n) is 9.44. The summed E-state index contributed by atoms with van der Waals surface area (Å²) in [5.74, 6) is -3.24. The van der Waals surface area contributed by atoms with Crippen LogP contribution in [0, 0.1) is 0 Å². The number of nitrogens with zero attached hydrogens (tertiary/aromatic N) is 4. The van der Waals surface area contributed by atoms with Crippen LogP contribution in [-0.2, 0) is 19.2 Å². The molecule has 2 fully saturated rings. The molecule has 2 saturated heterocycles. The van der Waals surface area contributed by atoms with Crippen molar-refractivity contribution in [2.24, 2.45) is 0 Å². The molecule has 0 aliphatic carbocycles. The molecule has 6 amide bonds. The minimum atomic E-state index is -1.02. The van der Waals surface area contributed by atoms with Crippen LogP contribution >= 0.6 is 0 Å². The lowest BCUT2D eigenvalue weighted by atomic mass is 10.0. The number of piperidine rings is 1. The van der Waals surface area contributed by atoms with Crippen molar-refractivity contribution < 1.29 is 38.4 Å². The number of piperazine rings is 1. The lowest BCUT2D eigenvalue weighted by Gasteiger charge is -2.34. The second kappa shape index (κ2) is 17.3. The summed E-state index contributed by atoms with van der Waals surface area (Å²) in [5, 5.41) is 11.5. The maximum Gasteiger partial charge on any atom is 0.264 e. The third-order valence-corrected chi connectivity index (χ3v) is 9.44. The molecule has 6 rings (SSSR count). The molecule has 16 heteroatoms. The molecule has 2 aromatic rings. The van der Waals surface area contributed by atoms with Crippen LogP contribution in [0.4, 0.5) is 11.4 Å². The lowest BCUT2D eigenvalue weighted by Crippen LogP contribution is -2.54. The highest BCUT2D eigenvalue weighted by molar-refractivity contribution is 6.26. The van der Waals surface area contributed by atoms with E-state index in [1.165, 1.54) is 0 Å². The number of fused-ring (bicyclic) bond motifs is 2. The van der Waals surface area contributed by atoms with Crippen LogP contribution < -0.4 is 21.3 Å². The zero-order chi connectivity index (χ0) is 37.4. The average molecular weight is 717 g/mol. The summed E-state index contributed by atoms with van der Waals surface area (Å²) in [7, 11) is 3.75. The van der Waals surface area contributed by atoms with Gasteiger partial charge in [-0.05, 0) is 51.2 Å². The Labute approximate surface area is 301 Å². The predicted octanol–water partition coefficient (Wildman–Crippen LogP) is 0.208. The number of benzene rings is 2. The number of nitrogens with one attached hydrogen (secondary N) is 4. The fourth-order valence-electron chi connectivity index (χ4n) is 6.84. The van der Waals surface area contributed by atoms with Gasteiger partial charge >= 0.3 is 0 Å². The zero-order valence-corrected chi connectivity index (χ0v) is 29.3. The van der Waals surface area contributed by atoms with Gasteiger partial charge in [-0.25, -0.2) is 0 Å². The molecule has 16 nitrogen and oxygen atoms in total. The second-order valence-corrected chi connectivity index (χ2v) is 12.9. The highest BCUT2D eigenvalue weighted by Gasteiger charge is 2.46. The molecule has 52 heavy (non-hydrogen) atoms. The van der Waals surface area contributed by atoms with E-state index in [1.54, 1.807) is 36.4 Å². The number of hydrogen-bond donors (Lipinski definition) is 4. The smallest absolute Gasteiger partial charge is 0.264 e. The Morgan fingerprint density at radius 3 is 1.83 bits per heavy atom. The van der Waals surface area contributed by atoms with Crippen LogP contribution in [0.2, 0.25) is 0 Å². The largest absolute Gasteiger partial charge is 0.383 e. The number of rotatable bonds is 14. The molecule has 4 aliphatic heterocycles. The van der Waals surface area contributed by atoms with Crippen LogP contribution in [0.3, 0.4) is 0 Å². The monoisotopic (exact) mass is 716 g/mol. The van der Waals surface area contributed by atoms with Crippen molar-refractivity contribution in [1.29, 1.82) is 0 Å². The van der Waals surface area contributed by atoms with Gasteiger partial charge in [0.25, 0.3) is 23.6 Å². The van der Waals surface area contributed by atoms with Gasteiger partial charge < -0.3 is 25.5 Å². The SMILES string of the molecule is CNC.O=CCCC(C=O)N1C(=O)c2cccc(NCCN3CCN(CCNc4cccc5c4C(=O)N(C4CCC(=O)NC4=O)C5=O)CC3)c2C1=O. The maximum atomic E-state index is 13.3. The number of carbonyl (C=O) groups is 8. The summed E-state index contributed by atoms with van der Waals surface area (Å²) in [6, 6.07) is 7.98. The van der Waals surface area contributed by atoms with Gasteiger partial charge in [-0.3, -0.25) is 53.7 Å². The van der Waals surface area contributed by atoms with Crippen molar-refractivity contribution in [2.45, 2.75) is 37.8 Å². The molecule has 276 valence electrons. The van der Waals surface area contributed by atoms with Gasteiger partial charge in [0, 0.05) is 76.6 Å². The van der Waals surface area contributed by atoms with E-state index in [-0.39, 0.29) is 47.9 Å². The summed E-state index contributed by atoms with van der Waals surface area (Å²) < 4.78 is 0. The van der Waals surface area contributed by atoms with Gasteiger partial charge in [0.05, 0.1) is 28.3 Å². The maximum absolute atomic E-state index is 13.3. The number of anilines is 2. The van der Waals surface area contributed by atoms with E-state index in [9.17, 15) is 38.4 Å². The molecular formula is C36H44N8O8. The molecule has 0 saturated carbocycles. The number of amides is 6. The number of carbonyl (C=O) groups excluding carboxylic acids is 8. The number of imide groups is 3. The van der Waals surface area contributed by atoms with E-state index in [4.69, 9.17) is 0 Å². The van der Waals surface area contributed by atoms with E-state index in [0.717, 1.165) is 36.0 Å². The quantitative estimate of drug-likeness (QED) is 0.153. The minimum absolute atomic E-state index is 0.0598. The van der Waals surface area contributed by atoms with E-state index in [1.807, 2.05) is 14.1 Å². The fourth-order valence-corrected chi connectivity index (χ4v) is 6.84. The first kappa shape index (κ1) is 37.9. The fraction of sp³-hybridized carbons (Fsp3) is 0.444. The highest BCUT2D eigenvalue weighted by Crippen LogP contribution is 2.33. The first-order valence-electron chi connectivity index (χ1n) is 17.4. The van der Waals surface area contributed by atoms with Crippen molar-refractivity contribution in [2.75, 3.05) is 77.1 Å². The van der Waals surface area contributed by atoms with Crippen LogP contribution in [0.15, 0.2) is 36.4 Å². The Kier molecular flexibility index (Phi) is 12.6. The Morgan fingerprint density at radius 1 is 0.769 bits per heavy atom. The van der Waals surface area contributed by atoms with Crippen LogP contribution in [0.5, 0.6) is 0 Å². The van der Waals surface area contributed by atoms with E-state index in [2.05, 4.69) is 31.1 Å². The zero-order valence-electron chi connectivity index (χ0n) is 29.3. The number of aldehydes is 2. The Bertz CT molecular complexity index is 1740. The summed E-state index contributed by atoms with van der Waals surface area (Å²) in [6.45, 7) is 5.71. The van der Waals surface area contributed by atoms with Crippen LogP contribution in [-0.4, -0.2) is 146 Å². The van der Waals surface area contributed by atoms with Gasteiger partial charge in [0.1, 0.15) is 18.6 Å². The predicted molar refractivity (Wildman–Crippen MR) is 190 cm³/mol. The second-order valence-electron chi connectivity index (χ2n) is 12.9. The van der Waals surface area contributed by atoms with Crippen molar-refractivity contribution in [3.05, 3.63) is 58.7 Å². The first-order valence-corrected chi connectivity index (χ1v) is 17.4. The van der Waals surface area contributed by atoms with E-state index < -0.39 is 47.5 Å². The molecule has 0 spiro atoms. The molecule has 0 bridgehead atoms. The molecule has 4 aliphatic rings. The lowest BCUT2D eigenvalue weighted by molar-refractivity contribution is -0.136. The molecule has 2 atom stereocenters. The van der Waals surface area contributed by atoms with Gasteiger partial charge in [-0.1, -0.05) is 12.1 Å². The van der Waals surface area contributed by atoms with Gasteiger partial charge in [-0.2, -0.15) is 0 Å². The molecule has 4 N–H and O–H groups in total. The van der Waals surface area contributed by atoms with Gasteiger partial charge in [0.2, 0.25) is 11.8 Å². The molecule has 0 radical (unpaired) electrons. The standard InChI is InChI=1S/C34H37N7O8.C2H7N/c42-19-3-4-21(20-43)40-31(46)22-5-1-7-24(28(22)33(40)48)35-11-13-38-15-17-39(18-16-38)14-12-36-25-8-2-6-23-29(25)34(49)41(32(23)47)26-9-10-27(44)37-30(26)45;1-3-2/h1-2,5-8,19-21,26,35-36H,3-4,9-18H2,(H,37,44,45);3H,1-2H3. The Morgan fingerprint density at radius 2 is 1.31 bits per heavy atom. The molecule has 2 unspecified atom stereocenters. The van der Waals surface area contributed by atoms with Crippen LogP contribution in [0.1, 0.15) is 67.1 Å². The van der Waals surface area contributed by atoms with Gasteiger partial charge in [0.15, 0.2) is 0 Å². The van der Waals surface area contributed by atoms with Gasteiger partial charge in [-0.15, -0.1) is 0 Å². The Balaban J connectivity index is 0.00000168. The summed E-state index contributed by atoms with van der Waals surface area (Å²) >= 11 is 0. The normalized spacial score (nSPS) is 19.5. The van der Waals surface area contributed by atoms with Crippen molar-refractivity contribution in [1.82, 2.24) is 30.2 Å². The molecule has 2 aromatic carbocycles. The van der Waals surface area contributed by atoms with Crippen molar-refractivity contribution in [3.63, 3.8) is 0 Å². The summed E-state index contributed by atoms with van der Waals surface area (Å²) in [4.78, 5) is 105. The minimum Gasteiger partial charge on any atom is -0.383 e.